The molecule has 0 saturated carbocycles. The summed E-state index contributed by atoms with van der Waals surface area (Å²) < 4.78 is 5.26. The number of pyridine rings is 1. The van der Waals surface area contributed by atoms with Gasteiger partial charge in [-0.05, 0) is 24.3 Å². The van der Waals surface area contributed by atoms with Crippen molar-refractivity contribution in [1.82, 2.24) is 9.88 Å². The van der Waals surface area contributed by atoms with Crippen LogP contribution in [0.4, 0.5) is 0 Å². The van der Waals surface area contributed by atoms with Crippen molar-refractivity contribution in [2.75, 3.05) is 20.2 Å². The zero-order valence-corrected chi connectivity index (χ0v) is 13.2. The molecule has 0 spiro atoms. The zero-order chi connectivity index (χ0) is 15.6. The van der Waals surface area contributed by atoms with Gasteiger partial charge in [-0.15, -0.1) is 0 Å². The first kappa shape index (κ1) is 15.8. The van der Waals surface area contributed by atoms with Crippen LogP contribution in [0.2, 0.25) is 0 Å². The Kier molecular flexibility index (Phi) is 4.52. The number of methoxy groups -OCH3 is 1. The molecule has 1 saturated heterocycles. The summed E-state index contributed by atoms with van der Waals surface area (Å²) in [6, 6.07) is 4.02. The van der Waals surface area contributed by atoms with E-state index in [-0.39, 0.29) is 17.8 Å². The van der Waals surface area contributed by atoms with E-state index in [0.29, 0.717) is 5.88 Å². The van der Waals surface area contributed by atoms with E-state index in [4.69, 9.17) is 9.84 Å². The number of hydrogen-bond acceptors (Lipinski definition) is 4. The van der Waals surface area contributed by atoms with E-state index in [0.717, 1.165) is 30.9 Å². The normalized spacial score (nSPS) is 21.4. The molecule has 1 fully saturated rings. The van der Waals surface area contributed by atoms with Crippen LogP contribution in [0.1, 0.15) is 31.5 Å². The highest BCUT2D eigenvalue weighted by atomic mass is 16.5. The van der Waals surface area contributed by atoms with E-state index >= 15 is 0 Å². The number of aromatic nitrogens is 1. The number of carboxylic acids is 1. The van der Waals surface area contributed by atoms with Crippen molar-refractivity contribution >= 4 is 5.97 Å². The Balaban J connectivity index is 2.06. The molecule has 1 unspecified atom stereocenters. The second kappa shape index (κ2) is 6.02. The van der Waals surface area contributed by atoms with Crippen LogP contribution in [0.5, 0.6) is 5.88 Å². The summed E-state index contributed by atoms with van der Waals surface area (Å²) in [7, 11) is 1.63. The third-order valence-corrected chi connectivity index (χ3v) is 4.32. The summed E-state index contributed by atoms with van der Waals surface area (Å²) in [4.78, 5) is 17.8. The van der Waals surface area contributed by atoms with E-state index in [1.54, 1.807) is 7.11 Å². The molecule has 2 heterocycles. The molecule has 1 atom stereocenters. The molecule has 0 bridgehead atoms. The summed E-state index contributed by atoms with van der Waals surface area (Å²) in [6.45, 7) is 8.68. The lowest BCUT2D eigenvalue weighted by molar-refractivity contribution is -0.138. The van der Waals surface area contributed by atoms with Gasteiger partial charge in [-0.3, -0.25) is 9.69 Å². The van der Waals surface area contributed by atoms with Gasteiger partial charge < -0.3 is 9.84 Å². The summed E-state index contributed by atoms with van der Waals surface area (Å²) in [6.07, 6.45) is 0.230. The standard InChI is InChI=1S/C16H24N2O3/c1-11-5-6-13(17-15(11)21-4)9-18-8-12(7-14(19)20)16(2,3)10-18/h5-6,12H,7-10H2,1-4H3,(H,19,20). The van der Waals surface area contributed by atoms with Gasteiger partial charge in [-0.1, -0.05) is 19.9 Å². The van der Waals surface area contributed by atoms with Crippen LogP contribution in [0.25, 0.3) is 0 Å². The van der Waals surface area contributed by atoms with Crippen LogP contribution >= 0.6 is 0 Å². The van der Waals surface area contributed by atoms with Crippen molar-refractivity contribution in [3.63, 3.8) is 0 Å². The van der Waals surface area contributed by atoms with Crippen molar-refractivity contribution in [2.24, 2.45) is 11.3 Å². The number of ether oxygens (including phenoxy) is 1. The van der Waals surface area contributed by atoms with Gasteiger partial charge in [0, 0.05) is 31.6 Å². The fourth-order valence-corrected chi connectivity index (χ4v) is 3.07. The Bertz CT molecular complexity index is 528. The Labute approximate surface area is 125 Å². The maximum absolute atomic E-state index is 11.0. The summed E-state index contributed by atoms with van der Waals surface area (Å²) in [5.74, 6) is 0.125. The monoisotopic (exact) mass is 292 g/mol. The second-order valence-corrected chi connectivity index (χ2v) is 6.58. The molecule has 0 amide bonds. The number of nitrogens with zero attached hydrogens (tertiary/aromatic N) is 2. The minimum absolute atomic E-state index is 0.0210. The molecule has 5 heteroatoms. The van der Waals surface area contributed by atoms with Crippen molar-refractivity contribution in [2.45, 2.75) is 33.7 Å². The highest BCUT2D eigenvalue weighted by Crippen LogP contribution is 2.37. The second-order valence-electron chi connectivity index (χ2n) is 6.58. The highest BCUT2D eigenvalue weighted by molar-refractivity contribution is 5.67. The molecular formula is C16H24N2O3. The summed E-state index contributed by atoms with van der Waals surface area (Å²) >= 11 is 0. The SMILES string of the molecule is COc1nc(CN2CC(CC(=O)O)C(C)(C)C2)ccc1C. The van der Waals surface area contributed by atoms with Crippen LogP contribution in [0.15, 0.2) is 12.1 Å². The van der Waals surface area contributed by atoms with Gasteiger partial charge in [-0.25, -0.2) is 4.98 Å². The first-order chi connectivity index (χ1) is 9.81. The van der Waals surface area contributed by atoms with Gasteiger partial charge in [0.15, 0.2) is 0 Å². The van der Waals surface area contributed by atoms with Crippen LogP contribution in [0.3, 0.4) is 0 Å². The van der Waals surface area contributed by atoms with E-state index in [1.807, 2.05) is 19.1 Å². The lowest BCUT2D eigenvalue weighted by Gasteiger charge is -2.24. The number of likely N-dealkylation sites (tertiary alicyclic amines) is 1. The molecule has 1 aromatic rings. The Morgan fingerprint density at radius 2 is 2.24 bits per heavy atom. The predicted octanol–water partition coefficient (Wildman–Crippen LogP) is 2.33. The molecule has 5 nitrogen and oxygen atoms in total. The molecule has 0 aromatic carbocycles. The number of carboxylic acid groups (broad SMARTS) is 1. The van der Waals surface area contributed by atoms with Crippen LogP contribution in [-0.2, 0) is 11.3 Å². The minimum atomic E-state index is -0.718. The van der Waals surface area contributed by atoms with Crippen molar-refractivity contribution in [3.8, 4) is 5.88 Å². The minimum Gasteiger partial charge on any atom is -0.481 e. The van der Waals surface area contributed by atoms with Gasteiger partial charge in [0.25, 0.3) is 0 Å². The maximum Gasteiger partial charge on any atom is 0.303 e. The molecule has 1 aliphatic heterocycles. The molecule has 0 aliphatic carbocycles. The summed E-state index contributed by atoms with van der Waals surface area (Å²) in [5.41, 5.74) is 2.00. The number of rotatable bonds is 5. The van der Waals surface area contributed by atoms with Crippen LogP contribution < -0.4 is 4.74 Å². The number of carbonyl (C=O) groups is 1. The molecule has 1 aromatic heterocycles. The fraction of sp³-hybridized carbons (Fsp3) is 0.625. The quantitative estimate of drug-likeness (QED) is 0.902. The Morgan fingerprint density at radius 3 is 2.86 bits per heavy atom. The van der Waals surface area contributed by atoms with E-state index in [9.17, 15) is 4.79 Å². The molecule has 2 rings (SSSR count). The zero-order valence-electron chi connectivity index (χ0n) is 13.2. The Morgan fingerprint density at radius 1 is 1.52 bits per heavy atom. The van der Waals surface area contributed by atoms with Crippen molar-refractivity contribution in [3.05, 3.63) is 23.4 Å². The van der Waals surface area contributed by atoms with E-state index in [1.165, 1.54) is 0 Å². The fourth-order valence-electron chi connectivity index (χ4n) is 3.07. The van der Waals surface area contributed by atoms with Gasteiger partial charge in [-0.2, -0.15) is 0 Å². The largest absolute Gasteiger partial charge is 0.481 e. The van der Waals surface area contributed by atoms with Gasteiger partial charge >= 0.3 is 5.97 Å². The van der Waals surface area contributed by atoms with Crippen molar-refractivity contribution in [1.29, 1.82) is 0 Å². The molecular weight excluding hydrogens is 268 g/mol. The molecule has 1 N–H and O–H groups in total. The smallest absolute Gasteiger partial charge is 0.303 e. The van der Waals surface area contributed by atoms with Crippen LogP contribution in [-0.4, -0.2) is 41.2 Å². The van der Waals surface area contributed by atoms with Crippen LogP contribution in [0, 0.1) is 18.3 Å². The third kappa shape index (κ3) is 3.73. The molecule has 0 radical (unpaired) electrons. The molecule has 21 heavy (non-hydrogen) atoms. The van der Waals surface area contributed by atoms with Gasteiger partial charge in [0.1, 0.15) is 0 Å². The van der Waals surface area contributed by atoms with Crippen molar-refractivity contribution < 1.29 is 14.6 Å². The number of aryl methyl sites for hydroxylation is 1. The lowest BCUT2D eigenvalue weighted by atomic mass is 9.80. The van der Waals surface area contributed by atoms with Gasteiger partial charge in [0.05, 0.1) is 12.8 Å². The van der Waals surface area contributed by atoms with E-state index < -0.39 is 5.97 Å². The number of aliphatic carboxylic acids is 1. The highest BCUT2D eigenvalue weighted by Gasteiger charge is 2.40. The lowest BCUT2D eigenvalue weighted by Crippen LogP contribution is -2.25. The van der Waals surface area contributed by atoms with E-state index in [2.05, 4.69) is 23.7 Å². The molecule has 1 aliphatic rings. The number of hydrogen-bond donors (Lipinski definition) is 1. The Hall–Kier alpha value is -1.62. The predicted molar refractivity (Wildman–Crippen MR) is 80.3 cm³/mol. The summed E-state index contributed by atoms with van der Waals surface area (Å²) in [5, 5.41) is 9.03. The third-order valence-electron chi connectivity index (χ3n) is 4.32. The first-order valence-electron chi connectivity index (χ1n) is 7.26. The topological polar surface area (TPSA) is 62.7 Å². The molecule has 116 valence electrons. The average molecular weight is 292 g/mol. The average Bonchev–Trinajstić information content (AvgIpc) is 2.65. The van der Waals surface area contributed by atoms with Gasteiger partial charge in [0.2, 0.25) is 5.88 Å². The maximum atomic E-state index is 11.0. The first-order valence-corrected chi connectivity index (χ1v) is 7.26.